The Morgan fingerprint density at radius 1 is 1.27 bits per heavy atom. The smallest absolute Gasteiger partial charge is 0.223 e. The zero-order chi connectivity index (χ0) is 18.0. The molecule has 5 heteroatoms. The summed E-state index contributed by atoms with van der Waals surface area (Å²) in [4.78, 5) is 9.53. The Morgan fingerprint density at radius 2 is 2.08 bits per heavy atom. The molecule has 2 aromatic rings. The van der Waals surface area contributed by atoms with Crippen molar-refractivity contribution >= 4 is 5.95 Å². The Balaban J connectivity index is 1.71. The number of nitrogens with one attached hydrogen (secondary N) is 2. The zero-order valence-electron chi connectivity index (χ0n) is 15.7. The number of piperidine rings is 1. The van der Waals surface area contributed by atoms with E-state index >= 15 is 0 Å². The molecule has 1 spiro atoms. The molecule has 26 heavy (non-hydrogen) atoms. The molecule has 1 aromatic carbocycles. The van der Waals surface area contributed by atoms with E-state index in [4.69, 9.17) is 9.72 Å². The van der Waals surface area contributed by atoms with Crippen LogP contribution in [0.4, 0.5) is 5.95 Å². The van der Waals surface area contributed by atoms with Gasteiger partial charge in [0.2, 0.25) is 5.95 Å². The van der Waals surface area contributed by atoms with Gasteiger partial charge in [-0.15, -0.1) is 0 Å². The highest BCUT2D eigenvalue weighted by atomic mass is 16.5. The molecule has 0 bridgehead atoms. The first-order valence-electron chi connectivity index (χ1n) is 9.68. The van der Waals surface area contributed by atoms with Crippen LogP contribution in [-0.2, 0) is 16.6 Å². The van der Waals surface area contributed by atoms with Crippen LogP contribution in [0.2, 0.25) is 0 Å². The summed E-state index contributed by atoms with van der Waals surface area (Å²) >= 11 is 0. The molecule has 1 aliphatic heterocycles. The standard InChI is InChI=1S/C21H28N4O/c1-3-16(14-26-2)24-20-23-13-15-12-21(8-10-22-11-9-21)18-7-5-4-6-17(18)19(15)25-20/h4-7,13,16,22H,3,8-12,14H2,1-2H3,(H,23,24,25). The predicted molar refractivity (Wildman–Crippen MR) is 105 cm³/mol. The molecule has 0 radical (unpaired) electrons. The van der Waals surface area contributed by atoms with Crippen molar-refractivity contribution in [3.05, 3.63) is 41.6 Å². The maximum Gasteiger partial charge on any atom is 0.223 e. The highest BCUT2D eigenvalue weighted by molar-refractivity contribution is 5.72. The van der Waals surface area contributed by atoms with E-state index in [1.807, 2.05) is 6.20 Å². The quantitative estimate of drug-likeness (QED) is 0.866. The van der Waals surface area contributed by atoms with Crippen LogP contribution in [0.15, 0.2) is 30.5 Å². The van der Waals surface area contributed by atoms with Crippen molar-refractivity contribution in [3.8, 4) is 11.3 Å². The molecule has 1 atom stereocenters. The van der Waals surface area contributed by atoms with Gasteiger partial charge in [0.25, 0.3) is 0 Å². The molecule has 5 nitrogen and oxygen atoms in total. The van der Waals surface area contributed by atoms with Crippen molar-refractivity contribution < 1.29 is 4.74 Å². The summed E-state index contributed by atoms with van der Waals surface area (Å²) < 4.78 is 5.29. The summed E-state index contributed by atoms with van der Waals surface area (Å²) in [5, 5.41) is 6.93. The number of benzene rings is 1. The van der Waals surface area contributed by atoms with E-state index in [0.717, 1.165) is 31.6 Å². The Labute approximate surface area is 155 Å². The average molecular weight is 352 g/mol. The van der Waals surface area contributed by atoms with Gasteiger partial charge in [0.15, 0.2) is 0 Å². The summed E-state index contributed by atoms with van der Waals surface area (Å²) in [7, 11) is 1.73. The first-order valence-corrected chi connectivity index (χ1v) is 9.68. The van der Waals surface area contributed by atoms with E-state index < -0.39 is 0 Å². The third-order valence-corrected chi connectivity index (χ3v) is 5.90. The number of hydrogen-bond acceptors (Lipinski definition) is 5. The van der Waals surface area contributed by atoms with Crippen LogP contribution in [0.5, 0.6) is 0 Å². The van der Waals surface area contributed by atoms with E-state index in [2.05, 4.69) is 46.8 Å². The molecule has 4 rings (SSSR count). The molecule has 1 unspecified atom stereocenters. The van der Waals surface area contributed by atoms with Gasteiger partial charge in [0.05, 0.1) is 18.3 Å². The van der Waals surface area contributed by atoms with Crippen molar-refractivity contribution in [1.82, 2.24) is 15.3 Å². The van der Waals surface area contributed by atoms with Crippen LogP contribution < -0.4 is 10.6 Å². The van der Waals surface area contributed by atoms with Gasteiger partial charge in [-0.25, -0.2) is 9.97 Å². The molecule has 0 amide bonds. The lowest BCUT2D eigenvalue weighted by atomic mass is 9.64. The SMILES string of the molecule is CCC(COC)Nc1ncc2c(n1)-c1ccccc1C1(CCNCC1)C2. The van der Waals surface area contributed by atoms with Gasteiger partial charge in [0, 0.05) is 24.3 Å². The van der Waals surface area contributed by atoms with Gasteiger partial charge < -0.3 is 15.4 Å². The monoisotopic (exact) mass is 352 g/mol. The largest absolute Gasteiger partial charge is 0.383 e. The molecule has 2 aliphatic rings. The molecule has 2 heterocycles. The van der Waals surface area contributed by atoms with Crippen molar-refractivity contribution in [1.29, 1.82) is 0 Å². The van der Waals surface area contributed by atoms with Crippen LogP contribution in [0, 0.1) is 0 Å². The van der Waals surface area contributed by atoms with E-state index in [1.165, 1.54) is 29.5 Å². The molecular formula is C21H28N4O. The number of methoxy groups -OCH3 is 1. The summed E-state index contributed by atoms with van der Waals surface area (Å²) in [6.45, 7) is 4.97. The number of aromatic nitrogens is 2. The lowest BCUT2D eigenvalue weighted by Crippen LogP contribution is -2.43. The van der Waals surface area contributed by atoms with Gasteiger partial charge >= 0.3 is 0 Å². The average Bonchev–Trinajstić information content (AvgIpc) is 2.69. The highest BCUT2D eigenvalue weighted by Gasteiger charge is 2.40. The third kappa shape index (κ3) is 3.10. The zero-order valence-corrected chi connectivity index (χ0v) is 15.7. The third-order valence-electron chi connectivity index (χ3n) is 5.90. The summed E-state index contributed by atoms with van der Waals surface area (Å²) in [6.07, 6.45) is 6.39. The molecule has 2 N–H and O–H groups in total. The van der Waals surface area contributed by atoms with Gasteiger partial charge in [0.1, 0.15) is 0 Å². The topological polar surface area (TPSA) is 59.1 Å². The lowest BCUT2D eigenvalue weighted by Gasteiger charge is -2.42. The second kappa shape index (κ2) is 7.33. The lowest BCUT2D eigenvalue weighted by molar-refractivity contribution is 0.184. The molecule has 138 valence electrons. The van der Waals surface area contributed by atoms with Gasteiger partial charge in [-0.05, 0) is 49.9 Å². The summed E-state index contributed by atoms with van der Waals surface area (Å²) in [5.41, 5.74) is 5.34. The number of nitrogens with zero attached hydrogens (tertiary/aromatic N) is 2. The Bertz CT molecular complexity index is 770. The number of rotatable bonds is 5. The maximum atomic E-state index is 5.29. The highest BCUT2D eigenvalue weighted by Crippen LogP contribution is 2.46. The van der Waals surface area contributed by atoms with Gasteiger partial charge in [-0.2, -0.15) is 0 Å². The van der Waals surface area contributed by atoms with Crippen molar-refractivity contribution in [3.63, 3.8) is 0 Å². The van der Waals surface area contributed by atoms with Crippen LogP contribution >= 0.6 is 0 Å². The van der Waals surface area contributed by atoms with Gasteiger partial charge in [-0.3, -0.25) is 0 Å². The Kier molecular flexibility index (Phi) is 4.92. The number of anilines is 1. The molecular weight excluding hydrogens is 324 g/mol. The fraction of sp³-hybridized carbons (Fsp3) is 0.524. The number of hydrogen-bond donors (Lipinski definition) is 2. The van der Waals surface area contributed by atoms with Crippen molar-refractivity contribution in [2.24, 2.45) is 0 Å². The predicted octanol–water partition coefficient (Wildman–Crippen LogP) is 3.16. The summed E-state index contributed by atoms with van der Waals surface area (Å²) in [6, 6.07) is 9.05. The number of ether oxygens (including phenoxy) is 1. The second-order valence-electron chi connectivity index (χ2n) is 7.52. The molecule has 1 aromatic heterocycles. The molecule has 1 aliphatic carbocycles. The Morgan fingerprint density at radius 3 is 2.85 bits per heavy atom. The minimum atomic E-state index is 0.229. The fourth-order valence-electron chi connectivity index (χ4n) is 4.45. The van der Waals surface area contributed by atoms with E-state index in [-0.39, 0.29) is 11.5 Å². The van der Waals surface area contributed by atoms with Crippen molar-refractivity contribution in [2.75, 3.05) is 32.1 Å². The molecule has 0 saturated carbocycles. The second-order valence-corrected chi connectivity index (χ2v) is 7.52. The minimum Gasteiger partial charge on any atom is -0.383 e. The van der Waals surface area contributed by atoms with E-state index in [9.17, 15) is 0 Å². The van der Waals surface area contributed by atoms with Crippen LogP contribution in [0.1, 0.15) is 37.3 Å². The van der Waals surface area contributed by atoms with Crippen LogP contribution in [0.3, 0.4) is 0 Å². The van der Waals surface area contributed by atoms with Crippen LogP contribution in [-0.4, -0.2) is 42.8 Å². The first-order chi connectivity index (χ1) is 12.8. The van der Waals surface area contributed by atoms with Crippen molar-refractivity contribution in [2.45, 2.75) is 44.1 Å². The normalized spacial score (nSPS) is 18.8. The molecule has 1 fully saturated rings. The Hall–Kier alpha value is -1.98. The van der Waals surface area contributed by atoms with Crippen LogP contribution in [0.25, 0.3) is 11.3 Å². The minimum absolute atomic E-state index is 0.229. The first kappa shape index (κ1) is 17.4. The van der Waals surface area contributed by atoms with E-state index in [0.29, 0.717) is 12.6 Å². The molecule has 1 saturated heterocycles. The number of fused-ring (bicyclic) bond motifs is 4. The summed E-state index contributed by atoms with van der Waals surface area (Å²) in [5.74, 6) is 0.698. The van der Waals surface area contributed by atoms with E-state index in [1.54, 1.807) is 7.11 Å². The fourth-order valence-corrected chi connectivity index (χ4v) is 4.45. The van der Waals surface area contributed by atoms with Gasteiger partial charge in [-0.1, -0.05) is 31.2 Å². The maximum absolute atomic E-state index is 5.29.